The smallest absolute Gasteiger partial charge is 0.238 e. The van der Waals surface area contributed by atoms with Gasteiger partial charge in [-0.25, -0.2) is 4.98 Å². The van der Waals surface area contributed by atoms with E-state index in [1.54, 1.807) is 6.20 Å². The van der Waals surface area contributed by atoms with Crippen molar-refractivity contribution in [2.75, 3.05) is 41.7 Å². The van der Waals surface area contributed by atoms with Crippen LogP contribution in [-0.4, -0.2) is 53.9 Å². The molecule has 1 aromatic heterocycles. The number of nitrogens with zero attached hydrogens (tertiary/aromatic N) is 3. The number of nitrogens with one attached hydrogen (secondary N) is 2. The zero-order chi connectivity index (χ0) is 24.1. The largest absolute Gasteiger partial charge is 0.357 e. The maximum Gasteiger partial charge on any atom is 0.238 e. The molecule has 2 aromatic rings. The summed E-state index contributed by atoms with van der Waals surface area (Å²) in [6.45, 7) is 9.23. The Morgan fingerprint density at radius 2 is 1.71 bits per heavy atom. The fourth-order valence-corrected chi connectivity index (χ4v) is 4.56. The molecule has 34 heavy (non-hydrogen) atoms. The first-order chi connectivity index (χ1) is 16.4. The minimum Gasteiger partial charge on any atom is -0.357 e. The number of amides is 2. The Hall–Kier alpha value is -2.93. The lowest BCUT2D eigenvalue weighted by Gasteiger charge is -2.31. The van der Waals surface area contributed by atoms with Gasteiger partial charge in [0.1, 0.15) is 5.82 Å². The van der Waals surface area contributed by atoms with Crippen LogP contribution in [0.15, 0.2) is 36.5 Å². The zero-order valence-corrected chi connectivity index (χ0v) is 20.6. The van der Waals surface area contributed by atoms with E-state index in [9.17, 15) is 9.59 Å². The minimum absolute atomic E-state index is 0.0309. The molecule has 2 fully saturated rings. The Morgan fingerprint density at radius 3 is 2.32 bits per heavy atom. The number of anilines is 3. The lowest BCUT2D eigenvalue weighted by molar-refractivity contribution is -0.119. The van der Waals surface area contributed by atoms with Crippen molar-refractivity contribution in [1.82, 2.24) is 9.88 Å². The van der Waals surface area contributed by atoms with E-state index in [4.69, 9.17) is 0 Å². The van der Waals surface area contributed by atoms with Crippen LogP contribution in [0.25, 0.3) is 0 Å². The molecule has 182 valence electrons. The molecule has 4 rings (SSSR count). The number of benzene rings is 1. The molecule has 1 aliphatic heterocycles. The number of para-hydroxylation sites is 1. The third-order valence-corrected chi connectivity index (χ3v) is 6.92. The molecule has 2 aliphatic rings. The van der Waals surface area contributed by atoms with Crippen molar-refractivity contribution in [1.29, 1.82) is 0 Å². The fraction of sp³-hybridized carbons (Fsp3) is 0.519. The van der Waals surface area contributed by atoms with Gasteiger partial charge < -0.3 is 15.5 Å². The van der Waals surface area contributed by atoms with Gasteiger partial charge in [-0.2, -0.15) is 0 Å². The summed E-state index contributed by atoms with van der Waals surface area (Å²) in [6, 6.07) is 10.3. The van der Waals surface area contributed by atoms with Gasteiger partial charge in [0.2, 0.25) is 11.8 Å². The first-order valence-corrected chi connectivity index (χ1v) is 12.5. The van der Waals surface area contributed by atoms with Crippen LogP contribution in [-0.2, 0) is 9.59 Å². The van der Waals surface area contributed by atoms with Crippen molar-refractivity contribution in [3.05, 3.63) is 47.7 Å². The molecule has 2 amide bonds. The van der Waals surface area contributed by atoms with Gasteiger partial charge in [0, 0.05) is 37.8 Å². The van der Waals surface area contributed by atoms with Crippen LogP contribution in [0.4, 0.5) is 17.2 Å². The Kier molecular flexibility index (Phi) is 7.83. The van der Waals surface area contributed by atoms with E-state index in [0.29, 0.717) is 31.2 Å². The molecular formula is C27H37N5O2. The number of rotatable bonds is 9. The Labute approximate surface area is 202 Å². The number of carbonyl (C=O) groups excluding carboxylic acids is 2. The number of carbonyl (C=O) groups is 2. The molecule has 1 aliphatic carbocycles. The predicted molar refractivity (Wildman–Crippen MR) is 137 cm³/mol. The number of pyridine rings is 1. The standard InChI is InChI=1S/C27H37N5O2/c1-19-11-14-31(15-12-19)24-10-7-22(17-28-24)29-25(33)13-16-32(23-8-9-23)18-26(34)30-27-20(2)5-4-6-21(27)3/h4-7,10,17,19,23H,8-9,11-16,18H2,1-3H3,(H,29,33)(H,30,34). The minimum atomic E-state index is -0.0536. The maximum atomic E-state index is 12.7. The average molecular weight is 464 g/mol. The van der Waals surface area contributed by atoms with Crippen molar-refractivity contribution >= 4 is 29.0 Å². The zero-order valence-electron chi connectivity index (χ0n) is 20.6. The monoisotopic (exact) mass is 463 g/mol. The normalized spacial score (nSPS) is 16.5. The van der Waals surface area contributed by atoms with Gasteiger partial charge in [0.05, 0.1) is 18.4 Å². The van der Waals surface area contributed by atoms with E-state index in [0.717, 1.165) is 54.5 Å². The SMILES string of the molecule is Cc1cccc(C)c1NC(=O)CN(CCC(=O)Nc1ccc(N2CCC(C)CC2)nc1)C1CC1. The summed E-state index contributed by atoms with van der Waals surface area (Å²) in [5.41, 5.74) is 3.71. The second-order valence-corrected chi connectivity index (χ2v) is 9.89. The number of hydrogen-bond donors (Lipinski definition) is 2. The molecule has 1 aromatic carbocycles. The van der Waals surface area contributed by atoms with E-state index in [1.165, 1.54) is 12.8 Å². The molecule has 0 bridgehead atoms. The predicted octanol–water partition coefficient (Wildman–Crippen LogP) is 4.37. The lowest BCUT2D eigenvalue weighted by atomic mass is 9.99. The highest BCUT2D eigenvalue weighted by atomic mass is 16.2. The lowest BCUT2D eigenvalue weighted by Crippen LogP contribution is -2.37. The summed E-state index contributed by atoms with van der Waals surface area (Å²) in [5, 5.41) is 6.02. The highest BCUT2D eigenvalue weighted by Gasteiger charge is 2.30. The highest BCUT2D eigenvalue weighted by Crippen LogP contribution is 2.27. The molecular weight excluding hydrogens is 426 g/mol. The molecule has 0 radical (unpaired) electrons. The molecule has 1 saturated heterocycles. The van der Waals surface area contributed by atoms with Crippen molar-refractivity contribution in [2.45, 2.75) is 58.9 Å². The van der Waals surface area contributed by atoms with Gasteiger partial charge >= 0.3 is 0 Å². The van der Waals surface area contributed by atoms with Crippen molar-refractivity contribution in [3.8, 4) is 0 Å². The van der Waals surface area contributed by atoms with Gasteiger partial charge in [-0.05, 0) is 68.7 Å². The van der Waals surface area contributed by atoms with Crippen LogP contribution in [0.5, 0.6) is 0 Å². The van der Waals surface area contributed by atoms with Gasteiger partial charge in [-0.1, -0.05) is 25.1 Å². The molecule has 0 unspecified atom stereocenters. The van der Waals surface area contributed by atoms with E-state index in [1.807, 2.05) is 44.2 Å². The fourth-order valence-electron chi connectivity index (χ4n) is 4.56. The number of piperidine rings is 1. The summed E-state index contributed by atoms with van der Waals surface area (Å²) in [5.74, 6) is 1.67. The number of aryl methyl sites for hydroxylation is 2. The van der Waals surface area contributed by atoms with Crippen LogP contribution in [0.3, 0.4) is 0 Å². The third kappa shape index (κ3) is 6.56. The summed E-state index contributed by atoms with van der Waals surface area (Å²) in [6.07, 6.45) is 6.64. The summed E-state index contributed by atoms with van der Waals surface area (Å²) in [7, 11) is 0. The van der Waals surface area contributed by atoms with Crippen LogP contribution >= 0.6 is 0 Å². The van der Waals surface area contributed by atoms with Crippen LogP contribution in [0, 0.1) is 19.8 Å². The molecule has 0 spiro atoms. The Bertz CT molecular complexity index is 974. The molecule has 7 heteroatoms. The van der Waals surface area contributed by atoms with E-state index in [-0.39, 0.29) is 11.8 Å². The molecule has 7 nitrogen and oxygen atoms in total. The molecule has 2 heterocycles. The van der Waals surface area contributed by atoms with E-state index < -0.39 is 0 Å². The molecule has 2 N–H and O–H groups in total. The quantitative estimate of drug-likeness (QED) is 0.578. The first kappa shape index (κ1) is 24.2. The second-order valence-electron chi connectivity index (χ2n) is 9.89. The summed E-state index contributed by atoms with van der Waals surface area (Å²) >= 11 is 0. The molecule has 1 saturated carbocycles. The Balaban J connectivity index is 1.25. The van der Waals surface area contributed by atoms with Gasteiger partial charge in [0.25, 0.3) is 0 Å². The summed E-state index contributed by atoms with van der Waals surface area (Å²) < 4.78 is 0. The van der Waals surface area contributed by atoms with E-state index in [2.05, 4.69) is 32.3 Å². The third-order valence-electron chi connectivity index (χ3n) is 6.92. The van der Waals surface area contributed by atoms with Gasteiger partial charge in [-0.3, -0.25) is 14.5 Å². The van der Waals surface area contributed by atoms with Crippen LogP contribution < -0.4 is 15.5 Å². The van der Waals surface area contributed by atoms with Crippen LogP contribution in [0.1, 0.15) is 50.2 Å². The Morgan fingerprint density at radius 1 is 1.00 bits per heavy atom. The van der Waals surface area contributed by atoms with Crippen molar-refractivity contribution in [2.24, 2.45) is 5.92 Å². The number of aromatic nitrogens is 1. The van der Waals surface area contributed by atoms with Crippen molar-refractivity contribution < 1.29 is 9.59 Å². The topological polar surface area (TPSA) is 77.6 Å². The van der Waals surface area contributed by atoms with E-state index >= 15 is 0 Å². The van der Waals surface area contributed by atoms with Crippen molar-refractivity contribution in [3.63, 3.8) is 0 Å². The highest BCUT2D eigenvalue weighted by molar-refractivity contribution is 5.94. The summed E-state index contributed by atoms with van der Waals surface area (Å²) in [4.78, 5) is 34.3. The van der Waals surface area contributed by atoms with Gasteiger partial charge in [0.15, 0.2) is 0 Å². The van der Waals surface area contributed by atoms with Crippen LogP contribution in [0.2, 0.25) is 0 Å². The maximum absolute atomic E-state index is 12.7. The second kappa shape index (κ2) is 11.0. The number of hydrogen-bond acceptors (Lipinski definition) is 5. The van der Waals surface area contributed by atoms with Gasteiger partial charge in [-0.15, -0.1) is 0 Å². The molecule has 0 atom stereocenters. The first-order valence-electron chi connectivity index (χ1n) is 12.5. The average Bonchev–Trinajstić information content (AvgIpc) is 3.66.